The van der Waals surface area contributed by atoms with Crippen molar-refractivity contribution in [3.63, 3.8) is 0 Å². The predicted molar refractivity (Wildman–Crippen MR) is 64.9 cm³/mol. The minimum Gasteiger partial charge on any atom is -0.456 e. The van der Waals surface area contributed by atoms with E-state index in [0.717, 1.165) is 0 Å². The molecular formula is C11H12ClNO5. The van der Waals surface area contributed by atoms with Gasteiger partial charge < -0.3 is 9.47 Å². The quantitative estimate of drug-likeness (QED) is 0.468. The van der Waals surface area contributed by atoms with Crippen LogP contribution >= 0.6 is 11.6 Å². The highest BCUT2D eigenvalue weighted by molar-refractivity contribution is 6.33. The van der Waals surface area contributed by atoms with Crippen molar-refractivity contribution in [2.45, 2.75) is 13.0 Å². The summed E-state index contributed by atoms with van der Waals surface area (Å²) in [6, 6.07) is 4.09. The summed E-state index contributed by atoms with van der Waals surface area (Å²) in [4.78, 5) is 21.9. The first-order valence-electron chi connectivity index (χ1n) is 5.10. The molecule has 0 saturated carbocycles. The number of carbonyl (C=O) groups is 1. The molecule has 0 saturated heterocycles. The molecule has 0 bridgehead atoms. The molecule has 0 aliphatic carbocycles. The molecule has 1 atom stereocenters. The number of carbonyl (C=O) groups excluding carboxylic acids is 1. The Balaban J connectivity index is 2.99. The number of nitro benzene ring substituents is 1. The van der Waals surface area contributed by atoms with Crippen LogP contribution in [0.2, 0.25) is 5.02 Å². The Labute approximate surface area is 109 Å². The summed E-state index contributed by atoms with van der Waals surface area (Å²) < 4.78 is 9.80. The highest BCUT2D eigenvalue weighted by atomic mass is 35.5. The monoisotopic (exact) mass is 273 g/mol. The van der Waals surface area contributed by atoms with Crippen molar-refractivity contribution in [3.05, 3.63) is 38.9 Å². The first kappa shape index (κ1) is 14.4. The number of benzene rings is 1. The van der Waals surface area contributed by atoms with Gasteiger partial charge in [0.1, 0.15) is 16.7 Å². The summed E-state index contributed by atoms with van der Waals surface area (Å²) in [6.07, 6.45) is -0.499. The van der Waals surface area contributed by atoms with Crippen molar-refractivity contribution in [1.82, 2.24) is 0 Å². The molecule has 0 amide bonds. The second-order valence-corrected chi connectivity index (χ2v) is 3.97. The van der Waals surface area contributed by atoms with Crippen molar-refractivity contribution in [2.24, 2.45) is 0 Å². The molecule has 0 aliphatic heterocycles. The topological polar surface area (TPSA) is 78.7 Å². The van der Waals surface area contributed by atoms with Gasteiger partial charge >= 0.3 is 11.7 Å². The lowest BCUT2D eigenvalue weighted by molar-refractivity contribution is -0.385. The number of para-hydroxylation sites is 1. The molecule has 0 spiro atoms. The van der Waals surface area contributed by atoms with E-state index in [1.165, 1.54) is 25.3 Å². The Bertz CT molecular complexity index is 463. The van der Waals surface area contributed by atoms with Gasteiger partial charge in [0.15, 0.2) is 0 Å². The van der Waals surface area contributed by atoms with Gasteiger partial charge in [0, 0.05) is 7.11 Å². The Morgan fingerprint density at radius 1 is 1.56 bits per heavy atom. The van der Waals surface area contributed by atoms with Crippen LogP contribution in [0.15, 0.2) is 18.2 Å². The van der Waals surface area contributed by atoms with Gasteiger partial charge in [-0.25, -0.2) is 4.79 Å². The van der Waals surface area contributed by atoms with Crippen molar-refractivity contribution in [3.8, 4) is 0 Å². The van der Waals surface area contributed by atoms with E-state index >= 15 is 0 Å². The van der Waals surface area contributed by atoms with E-state index in [-0.39, 0.29) is 17.2 Å². The molecule has 0 heterocycles. The number of nitrogens with zero attached hydrogens (tertiary/aromatic N) is 1. The third kappa shape index (κ3) is 3.41. The average molecular weight is 274 g/mol. The molecule has 1 aromatic carbocycles. The summed E-state index contributed by atoms with van der Waals surface area (Å²) in [5.74, 6) is -0.797. The number of ether oxygens (including phenoxy) is 2. The van der Waals surface area contributed by atoms with Gasteiger partial charge in [0.25, 0.3) is 0 Å². The smallest absolute Gasteiger partial charge is 0.345 e. The molecule has 0 radical (unpaired) electrons. The third-order valence-corrected chi connectivity index (χ3v) is 2.40. The zero-order valence-corrected chi connectivity index (χ0v) is 10.6. The van der Waals surface area contributed by atoms with Crippen LogP contribution in [0.1, 0.15) is 17.3 Å². The van der Waals surface area contributed by atoms with Gasteiger partial charge in [0.2, 0.25) is 0 Å². The highest BCUT2D eigenvalue weighted by Gasteiger charge is 2.25. The van der Waals surface area contributed by atoms with E-state index in [1.54, 1.807) is 6.92 Å². The van der Waals surface area contributed by atoms with Gasteiger partial charge in [-0.15, -0.1) is 0 Å². The van der Waals surface area contributed by atoms with E-state index in [9.17, 15) is 14.9 Å². The van der Waals surface area contributed by atoms with Crippen LogP contribution in [0, 0.1) is 10.1 Å². The lowest BCUT2D eigenvalue weighted by Gasteiger charge is -2.12. The first-order chi connectivity index (χ1) is 8.47. The lowest BCUT2D eigenvalue weighted by Crippen LogP contribution is -2.20. The van der Waals surface area contributed by atoms with Gasteiger partial charge in [-0.05, 0) is 19.1 Å². The number of rotatable bonds is 5. The molecule has 1 unspecified atom stereocenters. The highest BCUT2D eigenvalue weighted by Crippen LogP contribution is 2.28. The van der Waals surface area contributed by atoms with Crippen molar-refractivity contribution < 1.29 is 19.2 Å². The molecule has 1 aromatic rings. The van der Waals surface area contributed by atoms with Crippen LogP contribution in [-0.2, 0) is 9.47 Å². The third-order valence-electron chi connectivity index (χ3n) is 2.10. The van der Waals surface area contributed by atoms with Crippen LogP contribution in [0.5, 0.6) is 0 Å². The average Bonchev–Trinajstić information content (AvgIpc) is 2.28. The second-order valence-electron chi connectivity index (χ2n) is 3.56. The zero-order valence-electron chi connectivity index (χ0n) is 9.88. The molecule has 98 valence electrons. The van der Waals surface area contributed by atoms with E-state index in [1.807, 2.05) is 0 Å². The summed E-state index contributed by atoms with van der Waals surface area (Å²) in [6.45, 7) is 1.83. The largest absolute Gasteiger partial charge is 0.456 e. The normalized spacial score (nSPS) is 11.9. The second kappa shape index (κ2) is 6.32. The maximum atomic E-state index is 11.8. The van der Waals surface area contributed by atoms with Crippen LogP contribution in [0.3, 0.4) is 0 Å². The Kier molecular flexibility index (Phi) is 5.06. The van der Waals surface area contributed by atoms with Gasteiger partial charge in [0.05, 0.1) is 11.5 Å². The standard InChI is InChI=1S/C11H12ClNO5/c1-7(6-17-2)18-11(14)8-4-3-5-9(12)10(8)13(15)16/h3-5,7H,6H2,1-2H3. The van der Waals surface area contributed by atoms with E-state index in [4.69, 9.17) is 21.1 Å². The maximum Gasteiger partial charge on any atom is 0.345 e. The SMILES string of the molecule is COCC(C)OC(=O)c1cccc(Cl)c1[N+](=O)[O-]. The number of esters is 1. The van der Waals surface area contributed by atoms with Crippen molar-refractivity contribution in [2.75, 3.05) is 13.7 Å². The zero-order chi connectivity index (χ0) is 13.7. The summed E-state index contributed by atoms with van der Waals surface area (Å²) in [7, 11) is 1.46. The first-order valence-corrected chi connectivity index (χ1v) is 5.48. The van der Waals surface area contributed by atoms with Crippen LogP contribution < -0.4 is 0 Å². The van der Waals surface area contributed by atoms with E-state index in [2.05, 4.69) is 0 Å². The molecule has 0 fully saturated rings. The molecular weight excluding hydrogens is 262 g/mol. The lowest BCUT2D eigenvalue weighted by atomic mass is 10.2. The Morgan fingerprint density at radius 3 is 2.78 bits per heavy atom. The fourth-order valence-electron chi connectivity index (χ4n) is 1.38. The summed E-state index contributed by atoms with van der Waals surface area (Å²) in [5, 5.41) is 10.7. The van der Waals surface area contributed by atoms with E-state index < -0.39 is 22.7 Å². The molecule has 0 aromatic heterocycles. The fraction of sp³-hybridized carbons (Fsp3) is 0.364. The fourth-order valence-corrected chi connectivity index (χ4v) is 1.62. The minimum absolute atomic E-state index is 0.103. The van der Waals surface area contributed by atoms with Crippen molar-refractivity contribution >= 4 is 23.3 Å². The molecule has 0 N–H and O–H groups in total. The number of methoxy groups -OCH3 is 1. The van der Waals surface area contributed by atoms with Crippen LogP contribution in [0.25, 0.3) is 0 Å². The molecule has 7 heteroatoms. The van der Waals surface area contributed by atoms with Gasteiger partial charge in [-0.1, -0.05) is 17.7 Å². The summed E-state index contributed by atoms with van der Waals surface area (Å²) in [5.41, 5.74) is -0.621. The Hall–Kier alpha value is -1.66. The molecule has 1 rings (SSSR count). The number of hydrogen-bond acceptors (Lipinski definition) is 5. The van der Waals surface area contributed by atoms with Gasteiger partial charge in [-0.2, -0.15) is 0 Å². The molecule has 0 aliphatic rings. The maximum absolute atomic E-state index is 11.8. The molecule has 18 heavy (non-hydrogen) atoms. The number of nitro groups is 1. The van der Waals surface area contributed by atoms with Gasteiger partial charge in [-0.3, -0.25) is 10.1 Å². The minimum atomic E-state index is -0.797. The number of hydrogen-bond donors (Lipinski definition) is 0. The van der Waals surface area contributed by atoms with E-state index in [0.29, 0.717) is 0 Å². The number of halogens is 1. The summed E-state index contributed by atoms with van der Waals surface area (Å²) >= 11 is 5.69. The van der Waals surface area contributed by atoms with Crippen LogP contribution in [-0.4, -0.2) is 30.7 Å². The van der Waals surface area contributed by atoms with Crippen molar-refractivity contribution in [1.29, 1.82) is 0 Å². The Morgan fingerprint density at radius 2 is 2.22 bits per heavy atom. The van der Waals surface area contributed by atoms with Crippen LogP contribution in [0.4, 0.5) is 5.69 Å². The predicted octanol–water partition coefficient (Wildman–Crippen LogP) is 2.44. The molecule has 6 nitrogen and oxygen atoms in total.